The molecule has 0 radical (unpaired) electrons. The number of nitrogens with zero attached hydrogens (tertiary/aromatic N) is 2. The van der Waals surface area contributed by atoms with Crippen LogP contribution in [0.15, 0.2) is 47.4 Å². The molecule has 0 aliphatic heterocycles. The Kier molecular flexibility index (Phi) is 5.34. The summed E-state index contributed by atoms with van der Waals surface area (Å²) < 4.78 is 27.7. The second-order valence-electron chi connectivity index (χ2n) is 5.56. The van der Waals surface area contributed by atoms with Gasteiger partial charge in [-0.3, -0.25) is 4.79 Å². The highest BCUT2D eigenvalue weighted by Gasteiger charge is 2.21. The Morgan fingerprint density at radius 1 is 1.28 bits per heavy atom. The Labute approximate surface area is 152 Å². The minimum atomic E-state index is -0.653. The Hall–Kier alpha value is -1.99. The number of carbonyl (C=O) groups excluding carboxylic acids is 1. The van der Waals surface area contributed by atoms with E-state index in [1.807, 2.05) is 31.2 Å². The van der Waals surface area contributed by atoms with Crippen LogP contribution in [0.25, 0.3) is 10.2 Å². The summed E-state index contributed by atoms with van der Waals surface area (Å²) in [7, 11) is 1.71. The van der Waals surface area contributed by atoms with Gasteiger partial charge in [-0.05, 0) is 31.2 Å². The zero-order valence-corrected chi connectivity index (χ0v) is 15.3. The summed E-state index contributed by atoms with van der Waals surface area (Å²) in [4.78, 5) is 18.8. The molecule has 1 amide bonds. The van der Waals surface area contributed by atoms with E-state index < -0.39 is 11.6 Å². The lowest BCUT2D eigenvalue weighted by molar-refractivity contribution is -0.128. The van der Waals surface area contributed by atoms with Crippen LogP contribution in [0.5, 0.6) is 0 Å². The average molecular weight is 378 g/mol. The predicted octanol–water partition coefficient (Wildman–Crippen LogP) is 4.89. The fourth-order valence-electron chi connectivity index (χ4n) is 2.28. The Morgan fingerprint density at radius 2 is 2.04 bits per heavy atom. The van der Waals surface area contributed by atoms with E-state index in [0.717, 1.165) is 33.1 Å². The minimum absolute atomic E-state index is 0.0777. The second kappa shape index (κ2) is 7.49. The molecule has 0 N–H and O–H groups in total. The van der Waals surface area contributed by atoms with Crippen molar-refractivity contribution in [3.05, 3.63) is 59.1 Å². The van der Waals surface area contributed by atoms with Gasteiger partial charge in [0.15, 0.2) is 0 Å². The number of rotatable bonds is 5. The third-order valence-corrected chi connectivity index (χ3v) is 6.13. The van der Waals surface area contributed by atoms with Crippen LogP contribution in [0.1, 0.15) is 18.0 Å². The van der Waals surface area contributed by atoms with Crippen molar-refractivity contribution >= 4 is 39.2 Å². The first-order valence-electron chi connectivity index (χ1n) is 7.64. The molecule has 130 valence electrons. The van der Waals surface area contributed by atoms with E-state index in [9.17, 15) is 13.6 Å². The summed E-state index contributed by atoms with van der Waals surface area (Å²) in [6.45, 7) is 1.92. The number of hydrogen-bond acceptors (Lipinski definition) is 4. The van der Waals surface area contributed by atoms with Gasteiger partial charge < -0.3 is 4.90 Å². The van der Waals surface area contributed by atoms with Crippen molar-refractivity contribution < 1.29 is 13.6 Å². The summed E-state index contributed by atoms with van der Waals surface area (Å²) in [5.41, 5.74) is 0.915. The normalized spacial score (nSPS) is 12.3. The van der Waals surface area contributed by atoms with Gasteiger partial charge in [-0.25, -0.2) is 13.8 Å². The van der Waals surface area contributed by atoms with Crippen molar-refractivity contribution in [3.8, 4) is 0 Å². The molecule has 25 heavy (non-hydrogen) atoms. The quantitative estimate of drug-likeness (QED) is 0.593. The number of aromatic nitrogens is 1. The van der Waals surface area contributed by atoms with Crippen molar-refractivity contribution in [3.63, 3.8) is 0 Å². The van der Waals surface area contributed by atoms with E-state index in [-0.39, 0.29) is 22.6 Å². The molecule has 1 aromatic heterocycles. The first kappa shape index (κ1) is 17.8. The number of amides is 1. The number of carbonyl (C=O) groups is 1. The van der Waals surface area contributed by atoms with Crippen molar-refractivity contribution in [1.29, 1.82) is 0 Å². The van der Waals surface area contributed by atoms with E-state index in [1.54, 1.807) is 23.3 Å². The van der Waals surface area contributed by atoms with Gasteiger partial charge in [0.25, 0.3) is 0 Å². The lowest BCUT2D eigenvalue weighted by Crippen LogP contribution is -2.31. The van der Waals surface area contributed by atoms with Crippen LogP contribution in [-0.4, -0.2) is 28.6 Å². The van der Waals surface area contributed by atoms with Crippen molar-refractivity contribution in [2.45, 2.75) is 17.9 Å². The molecule has 1 heterocycles. The zero-order chi connectivity index (χ0) is 18.0. The van der Waals surface area contributed by atoms with Crippen LogP contribution in [0.3, 0.4) is 0 Å². The molecule has 0 saturated heterocycles. The molecule has 3 aromatic rings. The van der Waals surface area contributed by atoms with Gasteiger partial charge in [0, 0.05) is 18.0 Å². The number of para-hydroxylation sites is 1. The summed E-state index contributed by atoms with van der Waals surface area (Å²) in [6, 6.07) is 11.0. The fraction of sp³-hybridized carbons (Fsp3) is 0.222. The third kappa shape index (κ3) is 3.99. The molecule has 3 rings (SSSR count). The van der Waals surface area contributed by atoms with Gasteiger partial charge >= 0.3 is 0 Å². The number of halogens is 2. The van der Waals surface area contributed by atoms with Crippen molar-refractivity contribution in [2.24, 2.45) is 0 Å². The molecule has 7 heteroatoms. The summed E-state index contributed by atoms with van der Waals surface area (Å²) in [5, 5.41) is 0.856. The van der Waals surface area contributed by atoms with Gasteiger partial charge in [-0.15, -0.1) is 23.1 Å². The van der Waals surface area contributed by atoms with Gasteiger partial charge in [0.2, 0.25) is 5.91 Å². The number of thioether (sulfide) groups is 1. The van der Waals surface area contributed by atoms with Gasteiger partial charge in [0.1, 0.15) is 16.6 Å². The molecule has 3 nitrogen and oxygen atoms in total. The second-order valence-corrected chi connectivity index (χ2v) is 7.64. The molecule has 0 fully saturated rings. The van der Waals surface area contributed by atoms with E-state index in [2.05, 4.69) is 4.98 Å². The van der Waals surface area contributed by atoms with E-state index >= 15 is 0 Å². The Morgan fingerprint density at radius 3 is 2.76 bits per heavy atom. The number of hydrogen-bond donors (Lipinski definition) is 0. The van der Waals surface area contributed by atoms with E-state index in [4.69, 9.17) is 0 Å². The summed E-state index contributed by atoms with van der Waals surface area (Å²) >= 11 is 2.62. The molecule has 0 aliphatic carbocycles. The molecule has 0 saturated carbocycles. The highest BCUT2D eigenvalue weighted by atomic mass is 32.2. The largest absolute Gasteiger partial charge is 0.336 e. The number of thiazole rings is 1. The Bertz CT molecular complexity index is 880. The maximum Gasteiger partial charge on any atom is 0.233 e. The standard InChI is InChI=1S/C18H16F2N2OS2/c1-11(18-21-14-5-3-4-6-16(14)25-18)22(2)17(23)10-24-15-8-7-12(19)9-13(15)20/h3-9,11H,10H2,1-2H3/t11-/m1/s1. The van der Waals surface area contributed by atoms with Crippen LogP contribution in [0.4, 0.5) is 8.78 Å². The lowest BCUT2D eigenvalue weighted by atomic mass is 10.3. The first-order chi connectivity index (χ1) is 12.0. The molecule has 0 spiro atoms. The first-order valence-corrected chi connectivity index (χ1v) is 9.45. The smallest absolute Gasteiger partial charge is 0.233 e. The number of fused-ring (bicyclic) bond motifs is 1. The fourth-order valence-corrected chi connectivity index (χ4v) is 4.19. The van der Waals surface area contributed by atoms with Gasteiger partial charge in [-0.2, -0.15) is 0 Å². The van der Waals surface area contributed by atoms with E-state index in [0.29, 0.717) is 0 Å². The van der Waals surface area contributed by atoms with E-state index in [1.165, 1.54) is 12.1 Å². The average Bonchev–Trinajstić information content (AvgIpc) is 3.03. The number of benzene rings is 2. The van der Waals surface area contributed by atoms with Crippen LogP contribution in [-0.2, 0) is 4.79 Å². The van der Waals surface area contributed by atoms with Crippen LogP contribution in [0.2, 0.25) is 0 Å². The minimum Gasteiger partial charge on any atom is -0.336 e. The predicted molar refractivity (Wildman–Crippen MR) is 97.9 cm³/mol. The molecule has 1 atom stereocenters. The summed E-state index contributed by atoms with van der Waals surface area (Å²) in [5.74, 6) is -1.34. The topological polar surface area (TPSA) is 33.2 Å². The Balaban J connectivity index is 1.66. The van der Waals surface area contributed by atoms with Crippen molar-refractivity contribution in [2.75, 3.05) is 12.8 Å². The lowest BCUT2D eigenvalue weighted by Gasteiger charge is -2.23. The maximum absolute atomic E-state index is 13.6. The molecule has 2 aromatic carbocycles. The molecular formula is C18H16F2N2OS2. The van der Waals surface area contributed by atoms with Crippen LogP contribution < -0.4 is 0 Å². The molecule has 0 bridgehead atoms. The molecule has 0 aliphatic rings. The molecule has 0 unspecified atom stereocenters. The monoisotopic (exact) mass is 378 g/mol. The van der Waals surface area contributed by atoms with Crippen molar-refractivity contribution in [1.82, 2.24) is 9.88 Å². The maximum atomic E-state index is 13.6. The van der Waals surface area contributed by atoms with Crippen LogP contribution in [0, 0.1) is 11.6 Å². The van der Waals surface area contributed by atoms with Gasteiger partial charge in [0.05, 0.1) is 22.0 Å². The highest BCUT2D eigenvalue weighted by Crippen LogP contribution is 2.30. The highest BCUT2D eigenvalue weighted by molar-refractivity contribution is 8.00. The summed E-state index contributed by atoms with van der Waals surface area (Å²) in [6.07, 6.45) is 0. The third-order valence-electron chi connectivity index (χ3n) is 3.89. The van der Waals surface area contributed by atoms with Gasteiger partial charge in [-0.1, -0.05) is 12.1 Å². The zero-order valence-electron chi connectivity index (χ0n) is 13.7. The molecular weight excluding hydrogens is 362 g/mol. The van der Waals surface area contributed by atoms with Crippen LogP contribution >= 0.6 is 23.1 Å². The SMILES string of the molecule is C[C@H](c1nc2ccccc2s1)N(C)C(=O)CSc1ccc(F)cc1F.